The lowest BCUT2D eigenvalue weighted by Gasteiger charge is -2.20. The molecule has 0 spiro atoms. The van der Waals surface area contributed by atoms with Crippen molar-refractivity contribution in [1.29, 1.82) is 0 Å². The van der Waals surface area contributed by atoms with Crippen molar-refractivity contribution in [2.75, 3.05) is 33.0 Å². The van der Waals surface area contributed by atoms with Gasteiger partial charge < -0.3 is 14.2 Å². The summed E-state index contributed by atoms with van der Waals surface area (Å²) < 4.78 is 20.8. The fraction of sp³-hybridized carbons (Fsp3) is 0.554. The highest BCUT2D eigenvalue weighted by Crippen LogP contribution is 2.57. The van der Waals surface area contributed by atoms with Crippen LogP contribution >= 0.6 is 68.0 Å². The van der Waals surface area contributed by atoms with Crippen molar-refractivity contribution in [3.8, 4) is 30.6 Å². The van der Waals surface area contributed by atoms with E-state index < -0.39 is 0 Å². The van der Waals surface area contributed by atoms with Gasteiger partial charge in [-0.3, -0.25) is 0 Å². The minimum Gasteiger partial charge on any atom is -0.459 e. The Balaban J connectivity index is 1.41. The monoisotopic (exact) mass is 1000 g/mol. The summed E-state index contributed by atoms with van der Waals surface area (Å²) in [5.41, 5.74) is 2.77. The lowest BCUT2D eigenvalue weighted by molar-refractivity contribution is 0.0167. The lowest BCUT2D eigenvalue weighted by atomic mass is 9.88. The first-order chi connectivity index (χ1) is 31.7. The molecule has 0 aliphatic heterocycles. The average Bonchev–Trinajstić information content (AvgIpc) is 4.16. The average molecular weight is 1000 g/mol. The van der Waals surface area contributed by atoms with Gasteiger partial charge in [-0.15, -0.1) is 68.0 Å². The first-order valence-corrected chi connectivity index (χ1v) is 29.8. The minimum atomic E-state index is -0.283. The number of hydrogen-bond donors (Lipinski definition) is 0. The molecule has 0 aliphatic carbocycles. The zero-order valence-electron chi connectivity index (χ0n) is 41.6. The van der Waals surface area contributed by atoms with Gasteiger partial charge in [0.05, 0.1) is 29.4 Å². The Kier molecular flexibility index (Phi) is 17.9. The number of hydrogen-bond acceptors (Lipinski definition) is 10. The molecule has 1 aromatic carbocycles. The molecule has 0 bridgehead atoms. The molecule has 0 aliphatic rings. The van der Waals surface area contributed by atoms with Crippen LogP contribution < -0.4 is 0 Å². The number of carbonyl (C=O) groups is 1. The maximum atomic E-state index is 13.6. The third kappa shape index (κ3) is 11.6. The molecule has 2 unspecified atom stereocenters. The van der Waals surface area contributed by atoms with E-state index in [0.29, 0.717) is 31.3 Å². The summed E-state index contributed by atoms with van der Waals surface area (Å²) in [5, 5.41) is 3.93. The van der Waals surface area contributed by atoms with Crippen molar-refractivity contribution < 1.29 is 19.0 Å². The van der Waals surface area contributed by atoms with Gasteiger partial charge in [-0.1, -0.05) is 121 Å². The fourth-order valence-electron chi connectivity index (χ4n) is 8.96. The second-order valence-electron chi connectivity index (χ2n) is 19.8. The third-order valence-electron chi connectivity index (χ3n) is 13.4. The zero-order valence-corrected chi connectivity index (χ0v) is 46.5. The maximum Gasteiger partial charge on any atom is 0.348 e. The molecular weight excluding hydrogens is 929 g/mol. The number of unbranched alkanes of at least 4 members (excludes halogenated alkanes) is 2. The molecule has 0 saturated carbocycles. The number of rotatable bonds is 25. The molecular formula is C56H74O4S6. The molecule has 0 N–H and O–H groups in total. The zero-order chi connectivity index (χ0) is 47.2. The largest absolute Gasteiger partial charge is 0.459 e. The summed E-state index contributed by atoms with van der Waals surface area (Å²) in [6.45, 7) is 27.7. The van der Waals surface area contributed by atoms with E-state index in [1.165, 1.54) is 132 Å². The van der Waals surface area contributed by atoms with Gasteiger partial charge in [0.15, 0.2) is 0 Å². The van der Waals surface area contributed by atoms with Crippen LogP contribution in [-0.2, 0) is 37.9 Å². The molecule has 66 heavy (non-hydrogen) atoms. The molecule has 2 atom stereocenters. The Morgan fingerprint density at radius 1 is 0.591 bits per heavy atom. The summed E-state index contributed by atoms with van der Waals surface area (Å²) in [6, 6.07) is 16.9. The molecule has 7 rings (SSSR count). The quantitative estimate of drug-likeness (QED) is 0.0423. The normalized spacial score (nSPS) is 13.5. The molecule has 0 amide bonds. The molecule has 0 radical (unpaired) electrons. The lowest BCUT2D eigenvalue weighted by Crippen LogP contribution is -2.12. The van der Waals surface area contributed by atoms with Gasteiger partial charge in [-0.25, -0.2) is 4.79 Å². The number of esters is 1. The number of carbonyl (C=O) groups excluding carboxylic acids is 1. The van der Waals surface area contributed by atoms with Crippen LogP contribution in [0.3, 0.4) is 0 Å². The standard InChI is InChI=1S/C56H74O4S6/c1-12-18-20-35(14-3)30-37-22-24-42(61-37)47-39-32-44(52-51-41(53(66-52)55(7,8)9)33-45(64-51)54(57)60-29-28-59-27-26-58-17-6)63-49(39)48(40-34-46(65-50(40)47)56(10,11)16-5)43-25-23-38(62-43)31-36(15-4)21-19-13-2/h22-25,32-36H,12-21,26-31H2,1-11H3. The molecule has 10 heteroatoms. The first-order valence-electron chi connectivity index (χ1n) is 24.9. The van der Waals surface area contributed by atoms with E-state index in [0.717, 1.165) is 31.1 Å². The fourth-order valence-corrected chi connectivity index (χ4v) is 16.8. The predicted molar refractivity (Wildman–Crippen MR) is 296 cm³/mol. The van der Waals surface area contributed by atoms with E-state index in [4.69, 9.17) is 14.2 Å². The minimum absolute atomic E-state index is 0.0693. The predicted octanol–water partition coefficient (Wildman–Crippen LogP) is 19.2. The van der Waals surface area contributed by atoms with Crippen molar-refractivity contribution in [2.45, 2.75) is 158 Å². The van der Waals surface area contributed by atoms with Crippen LogP contribution in [0.1, 0.15) is 163 Å². The molecule has 7 aromatic rings. The van der Waals surface area contributed by atoms with Gasteiger partial charge in [0, 0.05) is 77.4 Å². The van der Waals surface area contributed by atoms with Crippen molar-refractivity contribution in [3.05, 3.63) is 66.9 Å². The highest BCUT2D eigenvalue weighted by atomic mass is 32.1. The number of ether oxygens (including phenoxy) is 3. The summed E-state index contributed by atoms with van der Waals surface area (Å²) >= 11 is 11.5. The van der Waals surface area contributed by atoms with Gasteiger partial charge in [-0.2, -0.15) is 0 Å². The van der Waals surface area contributed by atoms with Crippen LogP contribution in [0.2, 0.25) is 0 Å². The number of benzene rings is 1. The molecule has 358 valence electrons. The molecule has 0 saturated heterocycles. The SMILES string of the molecule is CCCCC(CC)Cc1ccc(-c2c3cc(C(C)(C)CC)sc3c(-c3ccc(CC(CC)CCCC)s3)c3cc(-c4sc(C(C)(C)C)c5cc(C(=O)OCCOCCOCC)sc45)sc23)s1. The Hall–Kier alpha value is -2.41. The van der Waals surface area contributed by atoms with E-state index in [-0.39, 0.29) is 23.4 Å². The summed E-state index contributed by atoms with van der Waals surface area (Å²) in [5.74, 6) is 1.16. The Bertz CT molecular complexity index is 2560. The summed E-state index contributed by atoms with van der Waals surface area (Å²) in [6.07, 6.45) is 13.6. The smallest absolute Gasteiger partial charge is 0.348 e. The van der Waals surface area contributed by atoms with Gasteiger partial charge in [0.1, 0.15) is 11.5 Å². The Morgan fingerprint density at radius 2 is 1.17 bits per heavy atom. The van der Waals surface area contributed by atoms with Crippen LogP contribution in [0, 0.1) is 11.8 Å². The molecule has 0 fully saturated rings. The van der Waals surface area contributed by atoms with Crippen molar-refractivity contribution >= 4 is 104 Å². The van der Waals surface area contributed by atoms with Crippen LogP contribution in [-0.4, -0.2) is 39.0 Å². The summed E-state index contributed by atoms with van der Waals surface area (Å²) in [7, 11) is 0. The molecule has 6 aromatic heterocycles. The van der Waals surface area contributed by atoms with Crippen LogP contribution in [0.4, 0.5) is 0 Å². The van der Waals surface area contributed by atoms with Gasteiger partial charge in [0.2, 0.25) is 0 Å². The van der Waals surface area contributed by atoms with E-state index in [2.05, 4.69) is 112 Å². The molecule has 6 heterocycles. The van der Waals surface area contributed by atoms with Crippen molar-refractivity contribution in [3.63, 3.8) is 0 Å². The highest BCUT2D eigenvalue weighted by molar-refractivity contribution is 7.32. The Morgan fingerprint density at radius 3 is 1.73 bits per heavy atom. The number of thiophene rings is 6. The second-order valence-corrected chi connectivity index (χ2v) is 26.3. The van der Waals surface area contributed by atoms with E-state index in [1.54, 1.807) is 11.3 Å². The maximum absolute atomic E-state index is 13.6. The third-order valence-corrected chi connectivity index (χ3v) is 21.4. The van der Waals surface area contributed by atoms with E-state index >= 15 is 0 Å². The summed E-state index contributed by atoms with van der Waals surface area (Å²) in [4.78, 5) is 25.3. The topological polar surface area (TPSA) is 44.8 Å². The van der Waals surface area contributed by atoms with Gasteiger partial charge >= 0.3 is 5.97 Å². The van der Waals surface area contributed by atoms with Crippen molar-refractivity contribution in [1.82, 2.24) is 0 Å². The Labute approximate surface area is 420 Å². The van der Waals surface area contributed by atoms with Crippen LogP contribution in [0.5, 0.6) is 0 Å². The van der Waals surface area contributed by atoms with E-state index in [1.807, 2.05) is 63.6 Å². The van der Waals surface area contributed by atoms with Crippen LogP contribution in [0.15, 0.2) is 42.5 Å². The highest BCUT2D eigenvalue weighted by Gasteiger charge is 2.31. The van der Waals surface area contributed by atoms with Crippen LogP contribution in [0.25, 0.3) is 60.9 Å². The van der Waals surface area contributed by atoms with Crippen molar-refractivity contribution in [2.24, 2.45) is 11.8 Å². The first kappa shape index (κ1) is 51.4. The van der Waals surface area contributed by atoms with Gasteiger partial charge in [-0.05, 0) is 91.3 Å². The van der Waals surface area contributed by atoms with Gasteiger partial charge in [0.25, 0.3) is 0 Å². The molecule has 4 nitrogen and oxygen atoms in total. The van der Waals surface area contributed by atoms with E-state index in [9.17, 15) is 4.79 Å². The number of fused-ring (bicyclic) bond motifs is 3. The second kappa shape index (κ2) is 23.0.